The molecule has 4 aromatic carbocycles. The van der Waals surface area contributed by atoms with Gasteiger partial charge in [-0.15, -0.1) is 0 Å². The van der Waals surface area contributed by atoms with E-state index in [0.717, 1.165) is 11.3 Å². The van der Waals surface area contributed by atoms with Crippen molar-refractivity contribution in [2.45, 2.75) is 211 Å². The number of aliphatic hydroxyl groups excluding tert-OH is 1. The molecule has 0 aliphatic carbocycles. The minimum Gasteiger partial charge on any atom is 0 e. The van der Waals surface area contributed by atoms with Crippen molar-refractivity contribution in [3.8, 4) is 0 Å². The molecule has 0 fully saturated rings. The fourth-order valence-electron chi connectivity index (χ4n) is 3.19. The number of rotatable bonds is 4. The van der Waals surface area contributed by atoms with E-state index in [4.69, 9.17) is 16.6 Å². The minimum absolute atomic E-state index is 0. The van der Waals surface area contributed by atoms with Crippen molar-refractivity contribution in [1.29, 1.82) is 0 Å². The van der Waals surface area contributed by atoms with Gasteiger partial charge in [-0.05, 0) is 65.2 Å². The number of halogens is 7. The second-order valence-corrected chi connectivity index (χ2v) is 40.5. The Morgan fingerprint density at radius 2 is 0.711 bits per heavy atom. The molecule has 0 bridgehead atoms. The van der Waals surface area contributed by atoms with Gasteiger partial charge in [0, 0.05) is 113 Å². The maximum atomic E-state index is 10.8. The zero-order chi connectivity index (χ0) is 46.1. The van der Waals surface area contributed by atoms with Gasteiger partial charge in [-0.25, -0.2) is 4.21 Å². The predicted octanol–water partition coefficient (Wildman–Crippen LogP) is 20.7. The average Bonchev–Trinajstić information content (AvgIpc) is 3.20. The van der Waals surface area contributed by atoms with Crippen molar-refractivity contribution in [3.05, 3.63) is 144 Å². The van der Waals surface area contributed by atoms with Crippen LogP contribution in [0.3, 0.4) is 0 Å². The van der Waals surface area contributed by atoms with Gasteiger partial charge in [0.05, 0.1) is 5.71 Å². The molecule has 4 aromatic rings. The predicted molar refractivity (Wildman–Crippen MR) is 424 cm³/mol. The Kier molecular flexibility index (Phi) is 310. The summed E-state index contributed by atoms with van der Waals surface area (Å²) in [6, 6.07) is 40.2. The van der Waals surface area contributed by atoms with Gasteiger partial charge in [0.15, 0.2) is 0 Å². The van der Waals surface area contributed by atoms with Crippen LogP contribution in [0.5, 0.6) is 0 Å². The van der Waals surface area contributed by atoms with Gasteiger partial charge in [-0.1, -0.05) is 279 Å². The molecular weight excluding hydrogens is 1820 g/mol. The SMILES string of the molecule is C.C.C.C.C.C.C.C.C.C.C.C.C.C.CC.CC.CC(=N[S@](C)=O)c1ccccc1.CC(C)(N)c1ccccc1.CC(C)(N)c1ccccc1.CCC.CCO.Cc1ccccc1.II.I[I-]I.[B].[B].[B].[B].[I][V][I].[V]. The Hall–Kier alpha value is 3.12. The van der Waals surface area contributed by atoms with Crippen molar-refractivity contribution >= 4 is 165 Å². The largest absolute Gasteiger partial charge is 0 e. The molecule has 460 valence electrons. The van der Waals surface area contributed by atoms with E-state index in [9.17, 15) is 4.21 Å². The Labute approximate surface area is 590 Å². The molecule has 0 unspecified atom stereocenters. The van der Waals surface area contributed by atoms with Gasteiger partial charge in [-0.3, -0.25) is 0 Å². The van der Waals surface area contributed by atoms with Crippen LogP contribution in [0.25, 0.3) is 0 Å². The fraction of sp³-hybridized carbons (Fsp3) is 0.561. The Balaban J connectivity index is -0.0000000155. The molecular formula is C57H127B4I7N3O2SV2-. The molecule has 0 saturated heterocycles. The summed E-state index contributed by atoms with van der Waals surface area (Å²) in [5, 5.41) is 7.57. The van der Waals surface area contributed by atoms with Crippen molar-refractivity contribution in [3.63, 3.8) is 0 Å². The first-order valence-electron chi connectivity index (χ1n) is 18.2. The summed E-state index contributed by atoms with van der Waals surface area (Å²) in [5.74, 6) is 0. The van der Waals surface area contributed by atoms with E-state index in [1.54, 1.807) is 13.2 Å². The molecule has 0 amide bonds. The van der Waals surface area contributed by atoms with E-state index in [1.165, 1.54) is 23.1 Å². The first-order valence-corrected chi connectivity index (χ1v) is 47.5. The standard InChI is InChI=1S/C9H11NOS.2C9H13N.C7H8.C3H8.C2H6O.2C2H6.14CH4.4B.I3.I2.2HI.2V/c1-8(10-12(2)11)9-6-4-3-5-7-9;2*1-9(2,10)8-6-4-3-5-7-8;1-7-5-3-2-4-6-7;1-3-2;1-2-3;2*1-2;;;;;;;;;;;;;;;;;;;1-3-2;1-2;;;;/h3-7H,1-2H3;2*3-7H,10H2,1-2H3;2-6H,1H3;3H2,1-2H3;3H,2H2,1H3;2*1-2H3;14*1H4;;;;;;;2*1H;;/q;;;;;;;;;;;;;;;;;;;;;;;;;;-1;;;;;+2/p-2/t12-;;;;;;;;;;;;;;;;;;;;;;;;;;;;;;;/m0.............................../s1. The summed E-state index contributed by atoms with van der Waals surface area (Å²) in [6.45, 7) is 26.1. The van der Waals surface area contributed by atoms with Crippen LogP contribution in [0.15, 0.2) is 126 Å². The molecule has 5 nitrogen and oxygen atoms in total. The Morgan fingerprint density at radius 1 is 0.553 bits per heavy atom. The van der Waals surface area contributed by atoms with Crippen LogP contribution in [0.2, 0.25) is 0 Å². The Bertz CT molecular complexity index is 1310. The van der Waals surface area contributed by atoms with E-state index < -0.39 is 11.0 Å². The minimum atomic E-state index is -1.11. The summed E-state index contributed by atoms with van der Waals surface area (Å²) in [4.78, 5) is 0. The fourth-order valence-corrected chi connectivity index (χ4v) is 3.69. The van der Waals surface area contributed by atoms with Gasteiger partial charge in [-0.2, -0.15) is 4.40 Å². The molecule has 0 spiro atoms. The first-order chi connectivity index (χ1) is 27.0. The third kappa shape index (κ3) is 147. The van der Waals surface area contributed by atoms with Gasteiger partial charge in [0.2, 0.25) is 0 Å². The molecule has 1 atom stereocenters. The third-order valence-electron chi connectivity index (χ3n) is 5.43. The number of aryl methyl sites for hydroxylation is 1. The Morgan fingerprint density at radius 3 is 0.829 bits per heavy atom. The van der Waals surface area contributed by atoms with Crippen molar-refractivity contribution < 1.29 is 50.6 Å². The second kappa shape index (κ2) is 138. The van der Waals surface area contributed by atoms with Crippen LogP contribution in [0.1, 0.15) is 216 Å². The maximum Gasteiger partial charge on any atom is 0 e. The molecule has 5 N–H and O–H groups in total. The van der Waals surface area contributed by atoms with E-state index >= 15 is 0 Å². The monoisotopic (exact) mass is 1950 g/mol. The number of hydrogen-bond acceptors (Lipinski definition) is 4. The molecule has 0 aromatic heterocycles. The van der Waals surface area contributed by atoms with Crippen LogP contribution in [0, 0.1) is 6.92 Å². The number of hydrogen-bond donors (Lipinski definition) is 3. The molecule has 76 heavy (non-hydrogen) atoms. The van der Waals surface area contributed by atoms with E-state index in [2.05, 4.69) is 152 Å². The van der Waals surface area contributed by atoms with Crippen molar-refractivity contribution in [2.75, 3.05) is 12.9 Å². The summed E-state index contributed by atoms with van der Waals surface area (Å²) in [6.07, 6.45) is 2.81. The molecule has 13 radical (unpaired) electrons. The second-order valence-electron chi connectivity index (χ2n) is 11.4. The van der Waals surface area contributed by atoms with Crippen LogP contribution < -0.4 is 24.7 Å². The number of aliphatic hydroxyl groups is 1. The molecule has 4 rings (SSSR count). The summed E-state index contributed by atoms with van der Waals surface area (Å²) in [5.41, 5.74) is 16.8. The summed E-state index contributed by atoms with van der Waals surface area (Å²) >= 11 is 14.3. The van der Waals surface area contributed by atoms with E-state index in [0.29, 0.717) is 22.7 Å². The van der Waals surface area contributed by atoms with Crippen molar-refractivity contribution in [2.24, 2.45) is 15.9 Å². The van der Waals surface area contributed by atoms with Gasteiger partial charge >= 0.3 is 99.9 Å². The summed E-state index contributed by atoms with van der Waals surface area (Å²) in [7, 11) is -0.481. The first kappa shape index (κ1) is 171. The quantitative estimate of drug-likeness (QED) is 0.108. The molecule has 0 heterocycles. The number of nitrogens with two attached hydrogens (primary N) is 2. The number of benzene rings is 4. The zero-order valence-electron chi connectivity index (χ0n) is 39.2. The third-order valence-corrected chi connectivity index (χ3v) is 5.96. The van der Waals surface area contributed by atoms with Crippen LogP contribution in [-0.2, 0) is 50.1 Å². The van der Waals surface area contributed by atoms with Crippen LogP contribution in [0.4, 0.5) is 0 Å². The molecule has 0 aliphatic heterocycles. The topological polar surface area (TPSA) is 102 Å². The molecule has 0 aliphatic rings. The van der Waals surface area contributed by atoms with E-state index in [-0.39, 0.29) is 174 Å². The van der Waals surface area contributed by atoms with E-state index in [1.807, 2.05) is 172 Å². The van der Waals surface area contributed by atoms with Crippen molar-refractivity contribution in [1.82, 2.24) is 0 Å². The maximum absolute atomic E-state index is 10.8. The van der Waals surface area contributed by atoms with Crippen LogP contribution >= 0.6 is 114 Å². The number of nitrogens with zero attached hydrogens (tertiary/aromatic N) is 1. The van der Waals surface area contributed by atoms with Gasteiger partial charge in [0.1, 0.15) is 11.0 Å². The smallest absolute Gasteiger partial charge is 0 e. The zero-order valence-corrected chi connectivity index (χ0v) is 57.9. The molecule has 0 saturated carbocycles. The normalized spacial score (nSPS) is 7.28. The average molecular weight is 1950 g/mol. The van der Waals surface area contributed by atoms with Crippen LogP contribution in [-0.4, -0.2) is 61.5 Å². The van der Waals surface area contributed by atoms with Gasteiger partial charge in [0.25, 0.3) is 0 Å². The summed E-state index contributed by atoms with van der Waals surface area (Å²) < 4.78 is 14.7. The molecule has 19 heteroatoms. The van der Waals surface area contributed by atoms with Gasteiger partial charge < -0.3 is 16.6 Å².